The summed E-state index contributed by atoms with van der Waals surface area (Å²) in [6.07, 6.45) is 5.22. The monoisotopic (exact) mass is 336 g/mol. The van der Waals surface area contributed by atoms with E-state index in [0.29, 0.717) is 6.54 Å². The molecule has 1 aromatic rings. The van der Waals surface area contributed by atoms with Crippen LogP contribution < -0.4 is 5.32 Å². The highest BCUT2D eigenvalue weighted by Crippen LogP contribution is 2.31. The van der Waals surface area contributed by atoms with Crippen LogP contribution in [-0.4, -0.2) is 51.3 Å². The minimum atomic E-state index is -0.857. The first kappa shape index (κ1) is 18.3. The van der Waals surface area contributed by atoms with Gasteiger partial charge in [-0.2, -0.15) is 5.10 Å². The first-order valence-corrected chi connectivity index (χ1v) is 8.58. The molecular weight excluding hydrogens is 308 g/mol. The number of aryl methyl sites for hydroxylation is 2. The van der Waals surface area contributed by atoms with Crippen molar-refractivity contribution in [2.45, 2.75) is 64.3 Å². The Morgan fingerprint density at radius 1 is 1.29 bits per heavy atom. The Morgan fingerprint density at radius 2 is 1.96 bits per heavy atom. The highest BCUT2D eigenvalue weighted by molar-refractivity contribution is 5.76. The van der Waals surface area contributed by atoms with Crippen molar-refractivity contribution in [3.8, 4) is 0 Å². The topological polar surface area (TPSA) is 98.3 Å². The number of aromatic nitrogens is 2. The zero-order valence-electron chi connectivity index (χ0n) is 14.8. The van der Waals surface area contributed by atoms with Crippen LogP contribution in [0.2, 0.25) is 0 Å². The van der Waals surface area contributed by atoms with E-state index < -0.39 is 11.5 Å². The average Bonchev–Trinajstić information content (AvgIpc) is 2.83. The summed E-state index contributed by atoms with van der Waals surface area (Å²) in [6.45, 7) is 4.48. The number of amides is 2. The van der Waals surface area contributed by atoms with Crippen molar-refractivity contribution < 1.29 is 14.7 Å². The third kappa shape index (κ3) is 4.49. The van der Waals surface area contributed by atoms with Crippen LogP contribution in [0.5, 0.6) is 0 Å². The Hall–Kier alpha value is -2.05. The molecule has 24 heavy (non-hydrogen) atoms. The Labute approximate surface area is 142 Å². The zero-order valence-corrected chi connectivity index (χ0v) is 14.8. The zero-order chi connectivity index (χ0) is 17.7. The van der Waals surface area contributed by atoms with E-state index in [1.54, 1.807) is 11.9 Å². The lowest BCUT2D eigenvalue weighted by molar-refractivity contribution is -0.139. The lowest BCUT2D eigenvalue weighted by atomic mass is 9.79. The van der Waals surface area contributed by atoms with E-state index in [0.717, 1.165) is 55.5 Å². The van der Waals surface area contributed by atoms with Gasteiger partial charge in [0.1, 0.15) is 0 Å². The first-order valence-electron chi connectivity index (χ1n) is 8.58. The van der Waals surface area contributed by atoms with Gasteiger partial charge in [-0.3, -0.25) is 9.89 Å². The van der Waals surface area contributed by atoms with Gasteiger partial charge in [-0.05, 0) is 38.7 Å². The van der Waals surface area contributed by atoms with Gasteiger partial charge in [0.15, 0.2) is 0 Å². The third-order valence-corrected chi connectivity index (χ3v) is 5.00. The number of H-pyrrole nitrogens is 1. The number of carboxylic acids is 1. The quantitative estimate of drug-likeness (QED) is 0.743. The van der Waals surface area contributed by atoms with Crippen molar-refractivity contribution >= 4 is 12.0 Å². The number of hydrogen-bond donors (Lipinski definition) is 3. The molecule has 3 N–H and O–H groups in total. The van der Waals surface area contributed by atoms with Crippen LogP contribution in [0, 0.1) is 13.8 Å². The second-order valence-corrected chi connectivity index (χ2v) is 6.93. The van der Waals surface area contributed by atoms with Crippen LogP contribution in [0.4, 0.5) is 4.79 Å². The molecule has 0 saturated heterocycles. The normalized spacial score (nSPS) is 16.6. The molecule has 0 aliphatic heterocycles. The summed E-state index contributed by atoms with van der Waals surface area (Å²) < 4.78 is 0. The number of nitrogens with zero attached hydrogens (tertiary/aromatic N) is 2. The summed E-state index contributed by atoms with van der Waals surface area (Å²) in [6, 6.07) is -0.197. The van der Waals surface area contributed by atoms with Crippen molar-refractivity contribution in [1.29, 1.82) is 0 Å². The van der Waals surface area contributed by atoms with E-state index >= 15 is 0 Å². The molecule has 2 rings (SSSR count). The number of aromatic amines is 1. The molecule has 0 aromatic carbocycles. The van der Waals surface area contributed by atoms with E-state index in [1.807, 2.05) is 13.8 Å². The van der Waals surface area contributed by atoms with Crippen LogP contribution in [0.25, 0.3) is 0 Å². The molecule has 0 radical (unpaired) electrons. The molecule has 1 aromatic heterocycles. The number of likely N-dealkylation sites (N-methyl/N-ethyl adjacent to an activating group) is 1. The van der Waals surface area contributed by atoms with Crippen LogP contribution >= 0.6 is 0 Å². The molecule has 2 amide bonds. The Kier molecular flexibility index (Phi) is 5.85. The van der Waals surface area contributed by atoms with Gasteiger partial charge in [-0.15, -0.1) is 0 Å². The number of nitrogens with one attached hydrogen (secondary N) is 2. The molecule has 1 aliphatic rings. The van der Waals surface area contributed by atoms with Crippen LogP contribution in [-0.2, 0) is 11.2 Å². The number of aliphatic carboxylic acids is 1. The van der Waals surface area contributed by atoms with Gasteiger partial charge in [0.2, 0.25) is 0 Å². The molecule has 7 heteroatoms. The molecule has 134 valence electrons. The van der Waals surface area contributed by atoms with Crippen LogP contribution in [0.15, 0.2) is 0 Å². The van der Waals surface area contributed by atoms with Gasteiger partial charge in [0.05, 0.1) is 17.7 Å². The summed E-state index contributed by atoms with van der Waals surface area (Å²) in [4.78, 5) is 25.4. The first-order chi connectivity index (χ1) is 11.3. The van der Waals surface area contributed by atoms with Gasteiger partial charge >= 0.3 is 12.0 Å². The highest BCUT2D eigenvalue weighted by Gasteiger charge is 2.36. The average molecular weight is 336 g/mol. The SMILES string of the molecule is Cc1n[nH]c(C)c1CCN(C)C(=O)NC1(CC(=O)O)CCCCC1. The fourth-order valence-electron chi connectivity index (χ4n) is 3.51. The summed E-state index contributed by atoms with van der Waals surface area (Å²) in [7, 11) is 1.75. The summed E-state index contributed by atoms with van der Waals surface area (Å²) >= 11 is 0. The lowest BCUT2D eigenvalue weighted by Crippen LogP contribution is -2.54. The highest BCUT2D eigenvalue weighted by atomic mass is 16.4. The number of rotatable bonds is 6. The minimum Gasteiger partial charge on any atom is -0.481 e. The molecule has 1 saturated carbocycles. The molecule has 0 spiro atoms. The maximum absolute atomic E-state index is 12.5. The summed E-state index contributed by atoms with van der Waals surface area (Å²) in [5, 5.41) is 19.3. The van der Waals surface area contributed by atoms with E-state index in [4.69, 9.17) is 0 Å². The number of carbonyl (C=O) groups is 2. The summed E-state index contributed by atoms with van der Waals surface area (Å²) in [5.74, 6) is -0.857. The van der Waals surface area contributed by atoms with Crippen molar-refractivity contribution in [1.82, 2.24) is 20.4 Å². The van der Waals surface area contributed by atoms with E-state index in [9.17, 15) is 14.7 Å². The Morgan fingerprint density at radius 3 is 2.50 bits per heavy atom. The smallest absolute Gasteiger partial charge is 0.317 e. The molecule has 0 unspecified atom stereocenters. The summed E-state index contributed by atoms with van der Waals surface area (Å²) in [5.41, 5.74) is 2.51. The van der Waals surface area contributed by atoms with Crippen molar-refractivity contribution in [3.63, 3.8) is 0 Å². The predicted molar refractivity (Wildman–Crippen MR) is 91.0 cm³/mol. The van der Waals surface area contributed by atoms with E-state index in [1.165, 1.54) is 0 Å². The fourth-order valence-corrected chi connectivity index (χ4v) is 3.51. The second-order valence-electron chi connectivity index (χ2n) is 6.93. The standard InChI is InChI=1S/C17H28N4O3/c1-12-14(13(2)20-19-12)7-10-21(3)16(24)18-17(11-15(22)23)8-5-4-6-9-17/h4-11H2,1-3H3,(H,18,24)(H,19,20)(H,22,23). The number of carboxylic acid groups (broad SMARTS) is 1. The van der Waals surface area contributed by atoms with Gasteiger partial charge in [0.25, 0.3) is 0 Å². The molecule has 1 fully saturated rings. The Bertz CT molecular complexity index is 571. The second kappa shape index (κ2) is 7.68. The van der Waals surface area contributed by atoms with Gasteiger partial charge in [0, 0.05) is 19.3 Å². The van der Waals surface area contributed by atoms with Gasteiger partial charge < -0.3 is 15.3 Å². The Balaban J connectivity index is 1.95. The van der Waals surface area contributed by atoms with E-state index in [2.05, 4.69) is 15.5 Å². The maximum atomic E-state index is 12.5. The minimum absolute atomic E-state index is 0.00741. The molecule has 1 aliphatic carbocycles. The van der Waals surface area contributed by atoms with Crippen LogP contribution in [0.3, 0.4) is 0 Å². The van der Waals surface area contributed by atoms with E-state index in [-0.39, 0.29) is 12.5 Å². The molecule has 0 bridgehead atoms. The maximum Gasteiger partial charge on any atom is 0.317 e. The fraction of sp³-hybridized carbons (Fsp3) is 0.706. The lowest BCUT2D eigenvalue weighted by Gasteiger charge is -2.38. The number of hydrogen-bond acceptors (Lipinski definition) is 3. The molecular formula is C17H28N4O3. The van der Waals surface area contributed by atoms with Crippen molar-refractivity contribution in [3.05, 3.63) is 17.0 Å². The molecule has 7 nitrogen and oxygen atoms in total. The van der Waals surface area contributed by atoms with Crippen LogP contribution in [0.1, 0.15) is 55.5 Å². The molecule has 1 heterocycles. The van der Waals surface area contributed by atoms with Crippen molar-refractivity contribution in [2.24, 2.45) is 0 Å². The predicted octanol–water partition coefficient (Wildman–Crippen LogP) is 2.39. The van der Waals surface area contributed by atoms with Gasteiger partial charge in [-0.25, -0.2) is 4.79 Å². The van der Waals surface area contributed by atoms with Crippen molar-refractivity contribution in [2.75, 3.05) is 13.6 Å². The largest absolute Gasteiger partial charge is 0.481 e. The number of carbonyl (C=O) groups excluding carboxylic acids is 1. The van der Waals surface area contributed by atoms with Gasteiger partial charge in [-0.1, -0.05) is 19.3 Å². The molecule has 0 atom stereocenters. The number of urea groups is 1. The third-order valence-electron chi connectivity index (χ3n) is 5.00.